The van der Waals surface area contributed by atoms with Gasteiger partial charge >= 0.3 is 59.1 Å². The van der Waals surface area contributed by atoms with E-state index in [0.717, 1.165) is 0 Å². The Kier molecular flexibility index (Phi) is 11.8. The topological polar surface area (TPSA) is 80.3 Å². The average molecular weight is 312 g/mol. The third-order valence-electron chi connectivity index (χ3n) is 2.45. The van der Waals surface area contributed by atoms with E-state index in [1.807, 2.05) is 0 Å². The number of fused-ring (bicyclic) bond motifs is 1. The fourth-order valence-electron chi connectivity index (χ4n) is 1.75. The second-order valence-electron chi connectivity index (χ2n) is 4.13. The van der Waals surface area contributed by atoms with Crippen LogP contribution in [0.2, 0.25) is 0 Å². The molecule has 0 unspecified atom stereocenters. The molecule has 4 nitrogen and oxygen atoms in total. The first-order valence-corrected chi connectivity index (χ1v) is 6.76. The molecule has 2 rings (SSSR count). The quantitative estimate of drug-likeness (QED) is 0.313. The van der Waals surface area contributed by atoms with Crippen LogP contribution in [0.3, 0.4) is 0 Å². The molecule has 0 amide bonds. The van der Waals surface area contributed by atoms with Crippen molar-refractivity contribution in [2.24, 2.45) is 0 Å². The Balaban J connectivity index is 0. The molecule has 0 atom stereocenters. The second kappa shape index (κ2) is 10.3. The van der Waals surface area contributed by atoms with Crippen molar-refractivity contribution in [3.05, 3.63) is 48.0 Å². The standard InChI is InChI=1S/C13H14.2Na.H2O4S/c1-10(2)12-9-5-7-11-6-3-4-8-13(11)12;;;1-5(2,3)4/h3-10H,1-2H3;;;(H2,1,2,3,4)/q;2*+1;/p-2. The predicted molar refractivity (Wildman–Crippen MR) is 68.5 cm³/mol. The molecule has 0 bridgehead atoms. The van der Waals surface area contributed by atoms with Crippen molar-refractivity contribution in [1.82, 2.24) is 0 Å². The summed E-state index contributed by atoms with van der Waals surface area (Å²) in [4.78, 5) is 0. The Morgan fingerprint density at radius 1 is 0.900 bits per heavy atom. The summed E-state index contributed by atoms with van der Waals surface area (Å²) < 4.78 is 34.1. The fraction of sp³-hybridized carbons (Fsp3) is 0.231. The van der Waals surface area contributed by atoms with Crippen LogP contribution in [-0.2, 0) is 10.4 Å². The van der Waals surface area contributed by atoms with Crippen molar-refractivity contribution in [3.63, 3.8) is 0 Å². The van der Waals surface area contributed by atoms with E-state index in [0.29, 0.717) is 5.92 Å². The van der Waals surface area contributed by atoms with Gasteiger partial charge in [-0.1, -0.05) is 56.3 Å². The molecule has 0 aliphatic carbocycles. The normalized spacial score (nSPS) is 10.1. The Hall–Kier alpha value is 0.570. The maximum atomic E-state index is 8.52. The number of rotatable bonds is 1. The summed E-state index contributed by atoms with van der Waals surface area (Å²) in [5.74, 6) is 0.603. The maximum absolute atomic E-state index is 8.52. The molecular formula is C13H14Na2O4S. The first-order chi connectivity index (χ1) is 8.29. The first-order valence-electron chi connectivity index (χ1n) is 5.43. The zero-order chi connectivity index (χ0) is 13.8. The molecule has 2 aromatic rings. The molecule has 20 heavy (non-hydrogen) atoms. The van der Waals surface area contributed by atoms with Crippen LogP contribution in [0.1, 0.15) is 25.3 Å². The monoisotopic (exact) mass is 312 g/mol. The molecular weight excluding hydrogens is 298 g/mol. The largest absolute Gasteiger partial charge is 1.00 e. The molecule has 0 aliphatic heterocycles. The minimum atomic E-state index is -5.17. The summed E-state index contributed by atoms with van der Waals surface area (Å²) in [5, 5.41) is 2.73. The van der Waals surface area contributed by atoms with Gasteiger partial charge in [0.25, 0.3) is 0 Å². The minimum Gasteiger partial charge on any atom is -0.759 e. The van der Waals surface area contributed by atoms with Gasteiger partial charge in [0.05, 0.1) is 0 Å². The van der Waals surface area contributed by atoms with Crippen molar-refractivity contribution >= 4 is 21.2 Å². The summed E-state index contributed by atoms with van der Waals surface area (Å²) in [6.07, 6.45) is 0. The van der Waals surface area contributed by atoms with E-state index in [1.54, 1.807) is 0 Å². The van der Waals surface area contributed by atoms with E-state index in [9.17, 15) is 0 Å². The van der Waals surface area contributed by atoms with Crippen LogP contribution in [0.4, 0.5) is 0 Å². The van der Waals surface area contributed by atoms with Gasteiger partial charge in [-0.05, 0) is 22.3 Å². The van der Waals surface area contributed by atoms with Crippen molar-refractivity contribution in [1.29, 1.82) is 0 Å². The third kappa shape index (κ3) is 8.77. The van der Waals surface area contributed by atoms with Gasteiger partial charge in [-0.25, -0.2) is 0 Å². The van der Waals surface area contributed by atoms with Crippen molar-refractivity contribution < 1.29 is 76.6 Å². The Labute approximate surface area is 164 Å². The van der Waals surface area contributed by atoms with Crippen LogP contribution in [0, 0.1) is 0 Å². The Morgan fingerprint density at radius 2 is 1.35 bits per heavy atom. The molecule has 0 radical (unpaired) electrons. The van der Waals surface area contributed by atoms with Gasteiger partial charge in [0.2, 0.25) is 0 Å². The smallest absolute Gasteiger partial charge is 0.759 e. The van der Waals surface area contributed by atoms with E-state index in [2.05, 4.69) is 56.3 Å². The Bertz CT molecular complexity index is 614. The molecule has 0 aliphatic rings. The summed E-state index contributed by atoms with van der Waals surface area (Å²) in [6, 6.07) is 15.1. The van der Waals surface area contributed by atoms with E-state index < -0.39 is 10.4 Å². The van der Waals surface area contributed by atoms with E-state index in [1.165, 1.54) is 16.3 Å². The molecule has 0 saturated carbocycles. The number of benzene rings is 2. The van der Waals surface area contributed by atoms with Gasteiger partial charge in [-0.3, -0.25) is 8.42 Å². The zero-order valence-corrected chi connectivity index (χ0v) is 17.0. The molecule has 0 spiro atoms. The average Bonchev–Trinajstić information content (AvgIpc) is 2.26. The van der Waals surface area contributed by atoms with Crippen LogP contribution >= 0.6 is 0 Å². The molecule has 2 aromatic carbocycles. The summed E-state index contributed by atoms with van der Waals surface area (Å²) in [6.45, 7) is 4.48. The SMILES string of the molecule is CC(C)c1cccc2ccccc12.O=S(=O)([O-])[O-].[Na+].[Na+]. The molecule has 0 heterocycles. The molecule has 0 fully saturated rings. The van der Waals surface area contributed by atoms with Crippen LogP contribution in [0.15, 0.2) is 42.5 Å². The predicted octanol–water partition coefficient (Wildman–Crippen LogP) is -3.37. The second-order valence-corrected chi connectivity index (χ2v) is 4.95. The molecule has 0 aromatic heterocycles. The van der Waals surface area contributed by atoms with Crippen LogP contribution < -0.4 is 59.1 Å². The van der Waals surface area contributed by atoms with E-state index in [-0.39, 0.29) is 59.1 Å². The summed E-state index contributed by atoms with van der Waals surface area (Å²) >= 11 is 0. The van der Waals surface area contributed by atoms with Crippen molar-refractivity contribution in [2.45, 2.75) is 19.8 Å². The van der Waals surface area contributed by atoms with Crippen LogP contribution in [0.25, 0.3) is 10.8 Å². The van der Waals surface area contributed by atoms with Crippen LogP contribution in [0.5, 0.6) is 0 Å². The summed E-state index contributed by atoms with van der Waals surface area (Å²) in [7, 11) is -5.17. The Morgan fingerprint density at radius 3 is 1.85 bits per heavy atom. The molecule has 98 valence electrons. The molecule has 7 heteroatoms. The van der Waals surface area contributed by atoms with E-state index in [4.69, 9.17) is 17.5 Å². The molecule has 0 N–H and O–H groups in total. The van der Waals surface area contributed by atoms with Gasteiger partial charge in [-0.2, -0.15) is 0 Å². The summed E-state index contributed by atoms with van der Waals surface area (Å²) in [5.41, 5.74) is 1.44. The number of hydrogen-bond acceptors (Lipinski definition) is 4. The van der Waals surface area contributed by atoms with Gasteiger partial charge in [0.15, 0.2) is 0 Å². The first kappa shape index (κ1) is 22.8. The van der Waals surface area contributed by atoms with Crippen LogP contribution in [-0.4, -0.2) is 17.5 Å². The van der Waals surface area contributed by atoms with Gasteiger partial charge in [0.1, 0.15) is 0 Å². The van der Waals surface area contributed by atoms with Gasteiger partial charge < -0.3 is 9.11 Å². The number of hydrogen-bond donors (Lipinski definition) is 0. The van der Waals surface area contributed by atoms with Crippen molar-refractivity contribution in [2.75, 3.05) is 0 Å². The maximum Gasteiger partial charge on any atom is 1.00 e. The zero-order valence-electron chi connectivity index (χ0n) is 12.2. The minimum absolute atomic E-state index is 0. The van der Waals surface area contributed by atoms with E-state index >= 15 is 0 Å². The van der Waals surface area contributed by atoms with Gasteiger partial charge in [0, 0.05) is 10.4 Å². The third-order valence-corrected chi connectivity index (χ3v) is 2.45. The fourth-order valence-corrected chi connectivity index (χ4v) is 1.75. The van der Waals surface area contributed by atoms with Gasteiger partial charge in [-0.15, -0.1) is 0 Å². The molecule has 0 saturated heterocycles. The van der Waals surface area contributed by atoms with Crippen molar-refractivity contribution in [3.8, 4) is 0 Å².